The molecular formula is C21H20FN5. The summed E-state index contributed by atoms with van der Waals surface area (Å²) in [5.74, 6) is -1.61. The predicted molar refractivity (Wildman–Crippen MR) is 97.9 cm³/mol. The molecule has 0 radical (unpaired) electrons. The highest BCUT2D eigenvalue weighted by Gasteiger charge is 2.55. The molecule has 0 unspecified atom stereocenters. The van der Waals surface area contributed by atoms with Gasteiger partial charge in [-0.3, -0.25) is 4.90 Å². The lowest BCUT2D eigenvalue weighted by molar-refractivity contribution is 0.205. The number of hydrogen-bond donors (Lipinski definition) is 1. The molecule has 1 heterocycles. The summed E-state index contributed by atoms with van der Waals surface area (Å²) in [7, 11) is 0. The summed E-state index contributed by atoms with van der Waals surface area (Å²) in [6.45, 7) is 4.12. The largest absolute Gasteiger partial charge is 0.399 e. The van der Waals surface area contributed by atoms with Crippen molar-refractivity contribution in [1.29, 1.82) is 15.8 Å². The molecule has 1 aliphatic heterocycles. The normalized spacial score (nSPS) is 24.2. The van der Waals surface area contributed by atoms with Gasteiger partial charge in [-0.2, -0.15) is 15.8 Å². The molecule has 0 saturated heterocycles. The fraction of sp³-hybridized carbons (Fsp3) is 0.381. The minimum atomic E-state index is -1.79. The van der Waals surface area contributed by atoms with Gasteiger partial charge in [-0.05, 0) is 30.2 Å². The zero-order valence-electron chi connectivity index (χ0n) is 15.1. The van der Waals surface area contributed by atoms with Crippen molar-refractivity contribution in [2.75, 3.05) is 19.6 Å². The molecule has 2 aliphatic rings. The summed E-state index contributed by atoms with van der Waals surface area (Å²) in [5.41, 5.74) is 5.53. The van der Waals surface area contributed by atoms with Crippen molar-refractivity contribution >= 4 is 0 Å². The summed E-state index contributed by atoms with van der Waals surface area (Å²) in [6.07, 6.45) is 2.88. The van der Waals surface area contributed by atoms with E-state index in [2.05, 4.69) is 17.9 Å². The molecule has 0 bridgehead atoms. The molecule has 0 spiro atoms. The molecule has 0 aromatic heterocycles. The molecule has 1 aliphatic carbocycles. The maximum Gasteiger partial charge on any atom is 0.191 e. The third kappa shape index (κ3) is 2.78. The zero-order valence-corrected chi connectivity index (χ0v) is 15.1. The van der Waals surface area contributed by atoms with E-state index in [1.807, 2.05) is 18.2 Å². The van der Waals surface area contributed by atoms with Crippen LogP contribution in [0.2, 0.25) is 0 Å². The molecule has 3 rings (SSSR count). The Labute approximate surface area is 158 Å². The van der Waals surface area contributed by atoms with E-state index < -0.39 is 17.2 Å². The molecule has 2 N–H and O–H groups in total. The second-order valence-corrected chi connectivity index (χ2v) is 6.96. The van der Waals surface area contributed by atoms with Crippen LogP contribution in [0.15, 0.2) is 47.2 Å². The number of nitriles is 3. The average molecular weight is 361 g/mol. The van der Waals surface area contributed by atoms with Gasteiger partial charge in [0.25, 0.3) is 0 Å². The van der Waals surface area contributed by atoms with Gasteiger partial charge < -0.3 is 5.73 Å². The Morgan fingerprint density at radius 1 is 1.26 bits per heavy atom. The van der Waals surface area contributed by atoms with Crippen LogP contribution in [0.4, 0.5) is 4.39 Å². The first-order valence-electron chi connectivity index (χ1n) is 8.94. The van der Waals surface area contributed by atoms with E-state index in [1.165, 1.54) is 6.07 Å². The smallest absolute Gasteiger partial charge is 0.191 e. The highest BCUT2D eigenvalue weighted by Crippen LogP contribution is 2.54. The third-order valence-corrected chi connectivity index (χ3v) is 5.52. The van der Waals surface area contributed by atoms with Gasteiger partial charge in [-0.1, -0.05) is 31.2 Å². The summed E-state index contributed by atoms with van der Waals surface area (Å²) < 4.78 is 14.7. The first kappa shape index (κ1) is 18.6. The van der Waals surface area contributed by atoms with Crippen LogP contribution in [0.3, 0.4) is 0 Å². The van der Waals surface area contributed by atoms with Crippen LogP contribution >= 0.6 is 0 Å². The van der Waals surface area contributed by atoms with E-state index in [9.17, 15) is 20.2 Å². The summed E-state index contributed by atoms with van der Waals surface area (Å²) in [5, 5.41) is 29.6. The predicted octanol–water partition coefficient (Wildman–Crippen LogP) is 2.96. The van der Waals surface area contributed by atoms with E-state index in [4.69, 9.17) is 5.73 Å². The Kier molecular flexibility index (Phi) is 5.00. The fourth-order valence-electron chi connectivity index (χ4n) is 4.31. The van der Waals surface area contributed by atoms with E-state index in [1.54, 1.807) is 18.2 Å². The summed E-state index contributed by atoms with van der Waals surface area (Å²) in [6, 6.07) is 12.3. The molecule has 2 atom stereocenters. The van der Waals surface area contributed by atoms with Gasteiger partial charge in [0.2, 0.25) is 0 Å². The number of rotatable bonds is 3. The summed E-state index contributed by atoms with van der Waals surface area (Å²) >= 11 is 0. The standard InChI is InChI=1S/C21H20FN5/c1-2-8-27-9-7-14-16(10-23)20(26)21(12-24,13-25)19(17(14)11-27)15-5-3-4-6-18(15)22/h3-7,17,19H,2,8-9,11,26H2,1H3/t17-,19+/m0/s1. The third-order valence-electron chi connectivity index (χ3n) is 5.52. The molecule has 6 heteroatoms. The first-order chi connectivity index (χ1) is 13.0. The maximum absolute atomic E-state index is 14.7. The van der Waals surface area contributed by atoms with Crippen LogP contribution in [0.1, 0.15) is 24.8 Å². The van der Waals surface area contributed by atoms with E-state index >= 15 is 0 Å². The minimum Gasteiger partial charge on any atom is -0.399 e. The van der Waals surface area contributed by atoms with Crippen molar-refractivity contribution in [3.05, 3.63) is 58.6 Å². The van der Waals surface area contributed by atoms with E-state index in [-0.39, 0.29) is 22.8 Å². The maximum atomic E-state index is 14.7. The van der Waals surface area contributed by atoms with Crippen LogP contribution in [0.25, 0.3) is 0 Å². The monoisotopic (exact) mass is 361 g/mol. The minimum absolute atomic E-state index is 0.0744. The van der Waals surface area contributed by atoms with E-state index in [0.29, 0.717) is 13.1 Å². The van der Waals surface area contributed by atoms with Crippen molar-refractivity contribution in [3.8, 4) is 18.2 Å². The second kappa shape index (κ2) is 7.23. The van der Waals surface area contributed by atoms with Crippen LogP contribution in [0.5, 0.6) is 0 Å². The Balaban J connectivity index is 2.30. The summed E-state index contributed by atoms with van der Waals surface area (Å²) in [4.78, 5) is 2.19. The van der Waals surface area contributed by atoms with Crippen molar-refractivity contribution < 1.29 is 4.39 Å². The lowest BCUT2D eigenvalue weighted by atomic mass is 9.58. The molecule has 0 amide bonds. The van der Waals surface area contributed by atoms with E-state index in [0.717, 1.165) is 18.5 Å². The first-order valence-corrected chi connectivity index (χ1v) is 8.94. The highest BCUT2D eigenvalue weighted by atomic mass is 19.1. The number of nitrogens with zero attached hydrogens (tertiary/aromatic N) is 4. The highest BCUT2D eigenvalue weighted by molar-refractivity contribution is 5.59. The van der Waals surface area contributed by atoms with Crippen LogP contribution in [-0.4, -0.2) is 24.5 Å². The van der Waals surface area contributed by atoms with Crippen LogP contribution in [-0.2, 0) is 0 Å². The fourth-order valence-corrected chi connectivity index (χ4v) is 4.31. The Morgan fingerprint density at radius 2 is 1.96 bits per heavy atom. The van der Waals surface area contributed by atoms with Gasteiger partial charge >= 0.3 is 0 Å². The van der Waals surface area contributed by atoms with Gasteiger partial charge in [0.15, 0.2) is 5.41 Å². The molecule has 0 saturated carbocycles. The van der Waals surface area contributed by atoms with Gasteiger partial charge in [-0.25, -0.2) is 4.39 Å². The van der Waals surface area contributed by atoms with Gasteiger partial charge in [0, 0.05) is 24.9 Å². The van der Waals surface area contributed by atoms with Gasteiger partial charge in [0.05, 0.1) is 23.4 Å². The number of fused-ring (bicyclic) bond motifs is 1. The van der Waals surface area contributed by atoms with Crippen molar-refractivity contribution in [2.45, 2.75) is 19.3 Å². The SMILES string of the molecule is CCCN1CC=C2C(C#N)=C(N)C(C#N)(C#N)[C@H](c3ccccc3F)[C@H]2C1. The lowest BCUT2D eigenvalue weighted by Gasteiger charge is -2.45. The molecular weight excluding hydrogens is 341 g/mol. The van der Waals surface area contributed by atoms with Crippen molar-refractivity contribution in [2.24, 2.45) is 17.1 Å². The average Bonchev–Trinajstić information content (AvgIpc) is 2.68. The number of nitrogens with two attached hydrogens (primary N) is 1. The molecule has 0 fully saturated rings. The Hall–Kier alpha value is -3.14. The van der Waals surface area contributed by atoms with Crippen LogP contribution in [0, 0.1) is 51.1 Å². The second-order valence-electron chi connectivity index (χ2n) is 6.96. The van der Waals surface area contributed by atoms with Crippen LogP contribution < -0.4 is 5.73 Å². The topological polar surface area (TPSA) is 101 Å². The number of halogens is 1. The molecule has 1 aromatic rings. The quantitative estimate of drug-likeness (QED) is 0.892. The van der Waals surface area contributed by atoms with Gasteiger partial charge in [0.1, 0.15) is 11.9 Å². The van der Waals surface area contributed by atoms with Crippen molar-refractivity contribution in [3.63, 3.8) is 0 Å². The lowest BCUT2D eigenvalue weighted by Crippen LogP contribution is -2.48. The number of hydrogen-bond acceptors (Lipinski definition) is 5. The molecule has 136 valence electrons. The van der Waals surface area contributed by atoms with Crippen molar-refractivity contribution in [1.82, 2.24) is 4.90 Å². The molecule has 27 heavy (non-hydrogen) atoms. The Bertz CT molecular complexity index is 927. The number of benzene rings is 1. The molecule has 1 aromatic carbocycles. The molecule has 5 nitrogen and oxygen atoms in total. The number of allylic oxidation sites excluding steroid dienone is 2. The Morgan fingerprint density at radius 3 is 2.56 bits per heavy atom. The zero-order chi connectivity index (χ0) is 19.6. The van der Waals surface area contributed by atoms with Gasteiger partial charge in [-0.15, -0.1) is 0 Å².